The Morgan fingerprint density at radius 1 is 1.09 bits per heavy atom. The van der Waals surface area contributed by atoms with Gasteiger partial charge < -0.3 is 9.84 Å². The van der Waals surface area contributed by atoms with Crippen LogP contribution in [0.3, 0.4) is 0 Å². The lowest BCUT2D eigenvalue weighted by Crippen LogP contribution is -2.46. The maximum Gasteiger partial charge on any atom is 0.322 e. The molecule has 0 saturated carbocycles. The largest absolute Gasteiger partial charge is 0.334 e. The van der Waals surface area contributed by atoms with Crippen LogP contribution < -0.4 is 5.32 Å². The second-order valence-electron chi connectivity index (χ2n) is 8.07. The number of rotatable bonds is 7. The number of carbonyl (C=O) groups excluding carboxylic acids is 1. The summed E-state index contributed by atoms with van der Waals surface area (Å²) in [5.41, 5.74) is 3.42. The number of allylic oxidation sites excluding steroid dienone is 1. The van der Waals surface area contributed by atoms with Gasteiger partial charge in [-0.1, -0.05) is 53.7 Å². The highest BCUT2D eigenvalue weighted by Gasteiger charge is 2.35. The molecule has 5 rings (SSSR count). The highest BCUT2D eigenvalue weighted by molar-refractivity contribution is 7.13. The Morgan fingerprint density at radius 3 is 2.62 bits per heavy atom. The van der Waals surface area contributed by atoms with Crippen LogP contribution in [-0.2, 0) is 6.42 Å². The van der Waals surface area contributed by atoms with E-state index in [1.807, 2.05) is 42.6 Å². The topological polar surface area (TPSA) is 71.3 Å². The van der Waals surface area contributed by atoms with Gasteiger partial charge in [-0.25, -0.2) is 9.18 Å². The van der Waals surface area contributed by atoms with E-state index in [2.05, 4.69) is 27.6 Å². The van der Waals surface area contributed by atoms with Gasteiger partial charge in [0.2, 0.25) is 5.82 Å². The van der Waals surface area contributed by atoms with Crippen LogP contribution >= 0.6 is 11.3 Å². The molecule has 4 aromatic rings. The number of nitrogens with zero attached hydrogens (tertiary/aromatic N) is 3. The van der Waals surface area contributed by atoms with Gasteiger partial charge in [-0.3, -0.25) is 4.90 Å². The summed E-state index contributed by atoms with van der Waals surface area (Å²) in [6.45, 7) is 2.43. The van der Waals surface area contributed by atoms with Crippen LogP contribution in [0, 0.1) is 5.82 Å². The molecule has 0 aliphatic carbocycles. The lowest BCUT2D eigenvalue weighted by molar-refractivity contribution is 0.204. The number of benzene rings is 2. The van der Waals surface area contributed by atoms with E-state index in [1.54, 1.807) is 17.0 Å². The second kappa shape index (κ2) is 9.61. The molecule has 0 fully saturated rings. The molecule has 1 N–H and O–H groups in total. The van der Waals surface area contributed by atoms with Crippen molar-refractivity contribution in [1.29, 1.82) is 0 Å². The fourth-order valence-corrected chi connectivity index (χ4v) is 4.81. The molecule has 0 saturated heterocycles. The molecule has 34 heavy (non-hydrogen) atoms. The lowest BCUT2D eigenvalue weighted by Gasteiger charge is -2.35. The molecule has 2 aromatic heterocycles. The predicted octanol–water partition coefficient (Wildman–Crippen LogP) is 6.07. The van der Waals surface area contributed by atoms with E-state index in [4.69, 9.17) is 4.52 Å². The minimum atomic E-state index is -0.532. The third-order valence-corrected chi connectivity index (χ3v) is 6.75. The first kappa shape index (κ1) is 22.0. The second-order valence-corrected chi connectivity index (χ2v) is 9.02. The van der Waals surface area contributed by atoms with Crippen LogP contribution in [0.25, 0.3) is 16.3 Å². The molecule has 1 atom stereocenters. The van der Waals surface area contributed by atoms with Gasteiger partial charge in [-0.2, -0.15) is 4.98 Å². The van der Waals surface area contributed by atoms with Gasteiger partial charge >= 0.3 is 6.03 Å². The minimum Gasteiger partial charge on any atom is -0.334 e. The number of aryl methyl sites for hydroxylation is 1. The molecule has 1 unspecified atom stereocenters. The number of thiophene rings is 1. The van der Waals surface area contributed by atoms with Gasteiger partial charge in [0.25, 0.3) is 5.89 Å². The Balaban J connectivity index is 1.48. The van der Waals surface area contributed by atoms with Crippen LogP contribution in [-0.4, -0.2) is 27.6 Å². The normalized spacial score (nSPS) is 16.1. The van der Waals surface area contributed by atoms with Gasteiger partial charge in [-0.15, -0.1) is 11.3 Å². The monoisotopic (exact) mass is 474 g/mol. The number of carbonyl (C=O) groups is 1. The molecule has 0 radical (unpaired) electrons. The summed E-state index contributed by atoms with van der Waals surface area (Å²) < 4.78 is 19.2. The molecule has 2 aromatic carbocycles. The van der Waals surface area contributed by atoms with E-state index in [9.17, 15) is 9.18 Å². The maximum absolute atomic E-state index is 13.6. The molecule has 1 aliphatic rings. The molecule has 3 heterocycles. The molecular weight excluding hydrogens is 451 g/mol. The van der Waals surface area contributed by atoms with Crippen molar-refractivity contribution in [2.45, 2.75) is 25.8 Å². The van der Waals surface area contributed by atoms with Crippen LogP contribution in [0.2, 0.25) is 0 Å². The zero-order chi connectivity index (χ0) is 23.5. The van der Waals surface area contributed by atoms with Crippen molar-refractivity contribution in [1.82, 2.24) is 20.4 Å². The fraction of sp³-hybridized carbons (Fsp3) is 0.192. The van der Waals surface area contributed by atoms with E-state index < -0.39 is 6.04 Å². The molecular formula is C26H23FN4O2S. The summed E-state index contributed by atoms with van der Waals surface area (Å²) in [6.07, 6.45) is 1.66. The molecule has 1 aliphatic heterocycles. The van der Waals surface area contributed by atoms with Gasteiger partial charge in [-0.05, 0) is 54.5 Å². The van der Waals surface area contributed by atoms with Crippen LogP contribution in [0.15, 0.2) is 82.3 Å². The zero-order valence-electron chi connectivity index (χ0n) is 18.6. The Morgan fingerprint density at radius 2 is 1.88 bits per heavy atom. The van der Waals surface area contributed by atoms with Gasteiger partial charge in [0.05, 0.1) is 16.5 Å². The van der Waals surface area contributed by atoms with Crippen LogP contribution in [0.4, 0.5) is 9.18 Å². The highest BCUT2D eigenvalue weighted by Crippen LogP contribution is 2.37. The Labute approximate surface area is 200 Å². The number of hydrogen-bond donors (Lipinski definition) is 1. The van der Waals surface area contributed by atoms with E-state index in [-0.39, 0.29) is 11.8 Å². The van der Waals surface area contributed by atoms with Crippen molar-refractivity contribution in [2.75, 3.05) is 6.54 Å². The summed E-state index contributed by atoms with van der Waals surface area (Å²) >= 11 is 1.52. The summed E-state index contributed by atoms with van der Waals surface area (Å²) in [6, 6.07) is 19.4. The summed E-state index contributed by atoms with van der Waals surface area (Å²) in [4.78, 5) is 20.3. The predicted molar refractivity (Wildman–Crippen MR) is 129 cm³/mol. The Bertz CT molecular complexity index is 1300. The third kappa shape index (κ3) is 4.49. The van der Waals surface area contributed by atoms with Gasteiger partial charge in [0.15, 0.2) is 0 Å². The summed E-state index contributed by atoms with van der Waals surface area (Å²) in [5, 5.41) is 9.16. The van der Waals surface area contributed by atoms with E-state index in [1.165, 1.54) is 29.0 Å². The number of urea groups is 1. The van der Waals surface area contributed by atoms with Crippen LogP contribution in [0.5, 0.6) is 0 Å². The molecule has 0 spiro atoms. The number of aromatic nitrogens is 2. The van der Waals surface area contributed by atoms with Crippen molar-refractivity contribution in [3.63, 3.8) is 0 Å². The van der Waals surface area contributed by atoms with Gasteiger partial charge in [0.1, 0.15) is 5.82 Å². The molecule has 0 bridgehead atoms. The minimum absolute atomic E-state index is 0.207. The quantitative estimate of drug-likeness (QED) is 0.353. The first-order valence-electron chi connectivity index (χ1n) is 11.1. The zero-order valence-corrected chi connectivity index (χ0v) is 19.4. The number of halogens is 1. The summed E-state index contributed by atoms with van der Waals surface area (Å²) in [5.74, 6) is 0.493. The SMILES string of the molecule is CC1=C(c2nc(-c3cccs3)no2)C(c2ccc(F)cc2)NC(=O)N1CCCc1ccccc1. The van der Waals surface area contributed by atoms with Crippen molar-refractivity contribution in [3.05, 3.63) is 101 Å². The Hall–Kier alpha value is -3.78. The average Bonchev–Trinajstić information content (AvgIpc) is 3.54. The first-order valence-corrected chi connectivity index (χ1v) is 11.9. The van der Waals surface area contributed by atoms with Crippen LogP contribution in [0.1, 0.15) is 36.4 Å². The maximum atomic E-state index is 13.6. The summed E-state index contributed by atoms with van der Waals surface area (Å²) in [7, 11) is 0. The highest BCUT2D eigenvalue weighted by atomic mass is 32.1. The molecule has 6 nitrogen and oxygen atoms in total. The van der Waals surface area contributed by atoms with Crippen molar-refractivity contribution in [3.8, 4) is 10.7 Å². The molecule has 172 valence electrons. The molecule has 8 heteroatoms. The van der Waals surface area contributed by atoms with E-state index in [0.717, 1.165) is 29.0 Å². The number of nitrogens with one attached hydrogen (secondary N) is 1. The van der Waals surface area contributed by atoms with E-state index >= 15 is 0 Å². The van der Waals surface area contributed by atoms with E-state index in [0.29, 0.717) is 23.8 Å². The van der Waals surface area contributed by atoms with Crippen molar-refractivity contribution < 1.29 is 13.7 Å². The van der Waals surface area contributed by atoms with Crippen molar-refractivity contribution >= 4 is 22.9 Å². The first-order chi connectivity index (χ1) is 16.6. The van der Waals surface area contributed by atoms with Gasteiger partial charge in [0, 0.05) is 12.2 Å². The number of hydrogen-bond acceptors (Lipinski definition) is 5. The smallest absolute Gasteiger partial charge is 0.322 e. The fourth-order valence-electron chi connectivity index (χ4n) is 4.16. The standard InChI is InChI=1S/C26H23FN4O2S/c1-17-22(25-29-24(30-33-25)21-10-6-16-34-21)23(19-11-13-20(27)14-12-19)28-26(32)31(17)15-5-9-18-7-3-2-4-8-18/h2-4,6-8,10-14,16,23H,5,9,15H2,1H3,(H,28,32). The van der Waals surface area contributed by atoms with Crippen molar-refractivity contribution in [2.24, 2.45) is 0 Å². The Kier molecular flexibility index (Phi) is 6.22. The lowest BCUT2D eigenvalue weighted by atomic mass is 9.94. The third-order valence-electron chi connectivity index (χ3n) is 5.89. The number of amides is 2. The molecule has 2 amide bonds. The average molecular weight is 475 g/mol.